The van der Waals surface area contributed by atoms with Crippen LogP contribution < -0.4 is 4.90 Å². The molecule has 0 unspecified atom stereocenters. The van der Waals surface area contributed by atoms with Crippen molar-refractivity contribution in [2.45, 2.75) is 0 Å². The number of fused-ring (bicyclic) bond motifs is 1. The van der Waals surface area contributed by atoms with E-state index >= 15 is 0 Å². The van der Waals surface area contributed by atoms with E-state index < -0.39 is 0 Å². The minimum Gasteiger partial charge on any atom is -0.351 e. The van der Waals surface area contributed by atoms with Crippen molar-refractivity contribution in [3.05, 3.63) is 54.7 Å². The molecule has 0 bridgehead atoms. The van der Waals surface area contributed by atoms with Crippen LogP contribution in [0.2, 0.25) is 0 Å². The van der Waals surface area contributed by atoms with Crippen LogP contribution >= 0.6 is 22.6 Å². The number of allylic oxidation sites excluding steroid dienone is 1. The molecule has 0 radical (unpaired) electrons. The van der Waals surface area contributed by atoms with E-state index in [2.05, 4.69) is 89.3 Å². The molecule has 0 atom stereocenters. The minimum absolute atomic E-state index is 1.03. The first-order valence-electron chi connectivity index (χ1n) is 5.26. The Morgan fingerprint density at radius 3 is 2.69 bits per heavy atom. The fraction of sp³-hybridized carbons (Fsp3) is 0.143. The van der Waals surface area contributed by atoms with Crippen molar-refractivity contribution in [2.24, 2.45) is 0 Å². The van der Waals surface area contributed by atoms with Crippen molar-refractivity contribution in [3.8, 4) is 0 Å². The maximum absolute atomic E-state index is 2.34. The molecule has 16 heavy (non-hydrogen) atoms. The van der Waals surface area contributed by atoms with Crippen LogP contribution in [0, 0.1) is 0 Å². The summed E-state index contributed by atoms with van der Waals surface area (Å²) in [5.41, 5.74) is 1.25. The van der Waals surface area contributed by atoms with E-state index in [4.69, 9.17) is 0 Å². The van der Waals surface area contributed by atoms with Crippen molar-refractivity contribution in [1.82, 2.24) is 0 Å². The summed E-state index contributed by atoms with van der Waals surface area (Å²) in [6.45, 7) is 0. The molecule has 0 aliphatic carbocycles. The van der Waals surface area contributed by atoms with Crippen molar-refractivity contribution in [1.29, 1.82) is 0 Å². The van der Waals surface area contributed by atoms with E-state index in [1.54, 1.807) is 0 Å². The van der Waals surface area contributed by atoms with Crippen molar-refractivity contribution < 1.29 is 0 Å². The van der Waals surface area contributed by atoms with Gasteiger partial charge in [-0.1, -0.05) is 65.1 Å². The molecule has 0 aromatic heterocycles. The molecule has 0 aliphatic heterocycles. The Labute approximate surface area is 110 Å². The number of halogens is 1. The van der Waals surface area contributed by atoms with E-state index in [0.717, 1.165) is 4.43 Å². The van der Waals surface area contributed by atoms with Crippen LogP contribution in [-0.4, -0.2) is 11.5 Å². The third-order valence-corrected chi connectivity index (χ3v) is 3.07. The van der Waals surface area contributed by atoms with E-state index in [-0.39, 0.29) is 0 Å². The van der Waals surface area contributed by atoms with Gasteiger partial charge in [-0.15, -0.1) is 0 Å². The summed E-state index contributed by atoms with van der Waals surface area (Å²) in [4.78, 5) is 2.17. The number of rotatable bonds is 3. The highest BCUT2D eigenvalue weighted by molar-refractivity contribution is 14.1. The van der Waals surface area contributed by atoms with Gasteiger partial charge in [0, 0.05) is 28.7 Å². The predicted octanol–water partition coefficient (Wildman–Crippen LogP) is 4.22. The van der Waals surface area contributed by atoms with Gasteiger partial charge in [-0.05, 0) is 11.5 Å². The SMILES string of the molecule is CN(/C=C/CI)c1cccc2ccccc12. The second-order valence-corrected chi connectivity index (χ2v) is 4.53. The standard InChI is InChI=1S/C14H14IN/c1-16(11-5-10-15)14-9-4-7-12-6-2-3-8-13(12)14/h2-9,11H,10H2,1H3/b11-5+. The van der Waals surface area contributed by atoms with Gasteiger partial charge in [0.15, 0.2) is 0 Å². The fourth-order valence-corrected chi connectivity index (χ4v) is 2.02. The van der Waals surface area contributed by atoms with Gasteiger partial charge >= 0.3 is 0 Å². The molecule has 82 valence electrons. The average Bonchev–Trinajstić information content (AvgIpc) is 2.35. The van der Waals surface area contributed by atoms with Gasteiger partial charge in [0.05, 0.1) is 0 Å². The van der Waals surface area contributed by atoms with Crippen LogP contribution in [0.3, 0.4) is 0 Å². The van der Waals surface area contributed by atoms with Crippen LogP contribution in [0.1, 0.15) is 0 Å². The van der Waals surface area contributed by atoms with Gasteiger partial charge in [0.2, 0.25) is 0 Å². The predicted molar refractivity (Wildman–Crippen MR) is 80.4 cm³/mol. The maximum atomic E-state index is 2.34. The lowest BCUT2D eigenvalue weighted by atomic mass is 10.1. The molecule has 0 amide bonds. The molecular formula is C14H14IN. The molecule has 0 heterocycles. The fourth-order valence-electron chi connectivity index (χ4n) is 1.79. The summed E-state index contributed by atoms with van der Waals surface area (Å²) in [5, 5.41) is 2.58. The maximum Gasteiger partial charge on any atom is 0.0483 e. The quantitative estimate of drug-likeness (QED) is 0.604. The number of alkyl halides is 1. The second kappa shape index (κ2) is 5.34. The molecule has 0 spiro atoms. The zero-order valence-electron chi connectivity index (χ0n) is 9.23. The molecule has 0 fully saturated rings. The Bertz CT molecular complexity index is 500. The third-order valence-electron chi connectivity index (χ3n) is 2.56. The Hall–Kier alpha value is -1.03. The Balaban J connectivity index is 2.47. The molecule has 1 nitrogen and oxygen atoms in total. The molecule has 2 rings (SSSR count). The smallest absolute Gasteiger partial charge is 0.0483 e. The molecule has 0 aliphatic rings. The first-order chi connectivity index (χ1) is 7.83. The Morgan fingerprint density at radius 1 is 1.12 bits per heavy atom. The first-order valence-corrected chi connectivity index (χ1v) is 6.78. The highest BCUT2D eigenvalue weighted by atomic mass is 127. The Morgan fingerprint density at radius 2 is 1.88 bits per heavy atom. The number of nitrogens with zero attached hydrogens (tertiary/aromatic N) is 1. The number of hydrogen-bond acceptors (Lipinski definition) is 1. The van der Waals surface area contributed by atoms with Crippen LogP contribution in [0.15, 0.2) is 54.7 Å². The van der Waals surface area contributed by atoms with Gasteiger partial charge in [0.25, 0.3) is 0 Å². The lowest BCUT2D eigenvalue weighted by Crippen LogP contribution is -2.08. The molecule has 2 aromatic carbocycles. The monoisotopic (exact) mass is 323 g/mol. The topological polar surface area (TPSA) is 3.24 Å². The molecule has 0 saturated heterocycles. The summed E-state index contributed by atoms with van der Waals surface area (Å²) >= 11 is 2.34. The van der Waals surface area contributed by atoms with Crippen LogP contribution in [0.25, 0.3) is 10.8 Å². The summed E-state index contributed by atoms with van der Waals surface area (Å²) in [6, 6.07) is 14.9. The normalized spacial score (nSPS) is 11.1. The lowest BCUT2D eigenvalue weighted by molar-refractivity contribution is 1.21. The summed E-state index contributed by atoms with van der Waals surface area (Å²) in [6.07, 6.45) is 4.27. The largest absolute Gasteiger partial charge is 0.351 e. The van der Waals surface area contributed by atoms with E-state index in [9.17, 15) is 0 Å². The van der Waals surface area contributed by atoms with Gasteiger partial charge in [-0.2, -0.15) is 0 Å². The van der Waals surface area contributed by atoms with Crippen molar-refractivity contribution >= 4 is 39.1 Å². The number of benzene rings is 2. The van der Waals surface area contributed by atoms with Crippen molar-refractivity contribution in [2.75, 3.05) is 16.4 Å². The minimum atomic E-state index is 1.03. The summed E-state index contributed by atoms with van der Waals surface area (Å²) < 4.78 is 1.03. The van der Waals surface area contributed by atoms with Crippen LogP contribution in [0.5, 0.6) is 0 Å². The third kappa shape index (κ3) is 2.38. The molecular weight excluding hydrogens is 309 g/mol. The zero-order valence-corrected chi connectivity index (χ0v) is 11.4. The molecule has 0 N–H and O–H groups in total. The molecule has 0 saturated carbocycles. The highest BCUT2D eigenvalue weighted by Crippen LogP contribution is 2.25. The van der Waals surface area contributed by atoms with E-state index in [0.29, 0.717) is 0 Å². The molecule has 2 heteroatoms. The first kappa shape index (κ1) is 11.5. The average molecular weight is 323 g/mol. The van der Waals surface area contributed by atoms with Crippen molar-refractivity contribution in [3.63, 3.8) is 0 Å². The Kier molecular flexibility index (Phi) is 3.83. The summed E-state index contributed by atoms with van der Waals surface area (Å²) in [7, 11) is 2.09. The lowest BCUT2D eigenvalue weighted by Gasteiger charge is -2.16. The van der Waals surface area contributed by atoms with Gasteiger partial charge < -0.3 is 4.90 Å². The van der Waals surface area contributed by atoms with Crippen LogP contribution in [0.4, 0.5) is 5.69 Å². The molecule has 2 aromatic rings. The van der Waals surface area contributed by atoms with Gasteiger partial charge in [0.1, 0.15) is 0 Å². The van der Waals surface area contributed by atoms with Gasteiger partial charge in [-0.25, -0.2) is 0 Å². The second-order valence-electron chi connectivity index (χ2n) is 3.65. The highest BCUT2D eigenvalue weighted by Gasteiger charge is 2.01. The number of hydrogen-bond donors (Lipinski definition) is 0. The van der Waals surface area contributed by atoms with E-state index in [1.807, 2.05) is 0 Å². The van der Waals surface area contributed by atoms with Crippen LogP contribution in [-0.2, 0) is 0 Å². The van der Waals surface area contributed by atoms with Gasteiger partial charge in [-0.3, -0.25) is 0 Å². The number of anilines is 1. The van der Waals surface area contributed by atoms with E-state index in [1.165, 1.54) is 16.5 Å². The zero-order chi connectivity index (χ0) is 11.4. The summed E-state index contributed by atoms with van der Waals surface area (Å²) in [5.74, 6) is 0.